The Bertz CT molecular complexity index is 812. The van der Waals surface area contributed by atoms with Crippen molar-refractivity contribution in [3.05, 3.63) is 76.8 Å². The van der Waals surface area contributed by atoms with Crippen molar-refractivity contribution >= 4 is 23.2 Å². The number of aromatic nitrogens is 2. The van der Waals surface area contributed by atoms with E-state index >= 15 is 0 Å². The van der Waals surface area contributed by atoms with Crippen LogP contribution in [0.25, 0.3) is 11.1 Å². The molecule has 1 heterocycles. The van der Waals surface area contributed by atoms with Crippen LogP contribution in [-0.4, -0.2) is 14.7 Å². The molecule has 3 nitrogen and oxygen atoms in total. The predicted molar refractivity (Wildman–Crippen MR) is 98.3 cm³/mol. The van der Waals surface area contributed by atoms with Crippen molar-refractivity contribution in [1.82, 2.24) is 9.55 Å². The van der Waals surface area contributed by atoms with E-state index in [1.165, 1.54) is 0 Å². The second-order valence-electron chi connectivity index (χ2n) is 6.03. The van der Waals surface area contributed by atoms with Gasteiger partial charge in [0.05, 0.1) is 11.9 Å². The summed E-state index contributed by atoms with van der Waals surface area (Å²) in [5.74, 6) is 0. The van der Waals surface area contributed by atoms with Crippen LogP contribution in [0.1, 0.15) is 18.9 Å². The molecule has 0 aliphatic heterocycles. The zero-order valence-electron chi connectivity index (χ0n) is 13.3. The highest BCUT2D eigenvalue weighted by Crippen LogP contribution is 2.32. The largest absolute Gasteiger partial charge is 0.385 e. The molecule has 1 aromatic heterocycles. The molecule has 2 aromatic carbocycles. The van der Waals surface area contributed by atoms with Gasteiger partial charge in [-0.25, -0.2) is 4.98 Å². The van der Waals surface area contributed by atoms with Crippen molar-refractivity contribution < 1.29 is 5.11 Å². The topological polar surface area (TPSA) is 38.0 Å². The molecule has 3 rings (SSSR count). The quantitative estimate of drug-likeness (QED) is 0.682. The van der Waals surface area contributed by atoms with Crippen molar-refractivity contribution in [3.8, 4) is 11.1 Å². The second kappa shape index (κ2) is 6.98. The molecule has 0 aliphatic carbocycles. The fraction of sp³-hybridized carbons (Fsp3) is 0.211. The molecule has 0 saturated heterocycles. The zero-order chi connectivity index (χ0) is 17.2. The molecule has 1 N–H and O–H groups in total. The lowest BCUT2D eigenvalue weighted by molar-refractivity contribution is 0.0431. The third-order valence-electron chi connectivity index (χ3n) is 4.16. The minimum absolute atomic E-state index is 0.602. The lowest BCUT2D eigenvalue weighted by Gasteiger charge is -2.24. The smallest absolute Gasteiger partial charge is 0.0945 e. The van der Waals surface area contributed by atoms with Crippen molar-refractivity contribution in [3.63, 3.8) is 0 Å². The number of aryl methyl sites for hydroxylation is 1. The number of nitrogens with zero attached hydrogens (tertiary/aromatic N) is 2. The number of benzene rings is 2. The second-order valence-corrected chi connectivity index (χ2v) is 6.87. The van der Waals surface area contributed by atoms with Gasteiger partial charge in [-0.15, -0.1) is 0 Å². The number of halogens is 2. The van der Waals surface area contributed by atoms with Gasteiger partial charge in [-0.05, 0) is 36.6 Å². The van der Waals surface area contributed by atoms with Crippen LogP contribution in [0.3, 0.4) is 0 Å². The van der Waals surface area contributed by atoms with E-state index in [-0.39, 0.29) is 0 Å². The van der Waals surface area contributed by atoms with Crippen LogP contribution in [0, 0.1) is 0 Å². The fourth-order valence-corrected chi connectivity index (χ4v) is 3.16. The van der Waals surface area contributed by atoms with Crippen LogP contribution < -0.4 is 0 Å². The summed E-state index contributed by atoms with van der Waals surface area (Å²) in [5.41, 5.74) is 1.88. The lowest BCUT2D eigenvalue weighted by atomic mass is 9.91. The highest BCUT2D eigenvalue weighted by atomic mass is 35.5. The Labute approximate surface area is 151 Å². The number of hydrogen-bond acceptors (Lipinski definition) is 2. The Morgan fingerprint density at radius 1 is 1.12 bits per heavy atom. The zero-order valence-corrected chi connectivity index (χ0v) is 14.8. The maximum absolute atomic E-state index is 10.8. The van der Waals surface area contributed by atoms with E-state index in [2.05, 4.69) is 4.98 Å². The molecule has 124 valence electrons. The van der Waals surface area contributed by atoms with Gasteiger partial charge in [0.2, 0.25) is 0 Å². The molecular weight excluding hydrogens is 343 g/mol. The van der Waals surface area contributed by atoms with Gasteiger partial charge in [-0.2, -0.15) is 0 Å². The Hall–Kier alpha value is -1.81. The van der Waals surface area contributed by atoms with Crippen molar-refractivity contribution in [2.75, 3.05) is 0 Å². The van der Waals surface area contributed by atoms with Gasteiger partial charge in [-0.1, -0.05) is 53.5 Å². The number of hydrogen-bond donors (Lipinski definition) is 1. The normalized spacial score (nSPS) is 13.7. The number of rotatable bonds is 5. The first kappa shape index (κ1) is 17.0. The Balaban J connectivity index is 1.77. The first-order valence-electron chi connectivity index (χ1n) is 7.70. The van der Waals surface area contributed by atoms with Gasteiger partial charge in [0.1, 0.15) is 0 Å². The van der Waals surface area contributed by atoms with Crippen LogP contribution in [0.5, 0.6) is 0 Å². The Kier molecular flexibility index (Phi) is 4.95. The highest BCUT2D eigenvalue weighted by molar-refractivity contribution is 6.36. The minimum atomic E-state index is -0.910. The fourth-order valence-electron chi connectivity index (χ4n) is 2.64. The van der Waals surface area contributed by atoms with Crippen LogP contribution in [0.4, 0.5) is 0 Å². The summed E-state index contributed by atoms with van der Waals surface area (Å²) in [5, 5.41) is 12.0. The van der Waals surface area contributed by atoms with E-state index in [1.807, 2.05) is 54.1 Å². The van der Waals surface area contributed by atoms with Crippen LogP contribution in [-0.2, 0) is 12.1 Å². The SMILES string of the molecule is CC(O)(CCn1ccnc1)c1ccc(-c2ccc(Cl)cc2Cl)cc1. The molecule has 0 fully saturated rings. The maximum Gasteiger partial charge on any atom is 0.0945 e. The highest BCUT2D eigenvalue weighted by Gasteiger charge is 2.22. The molecule has 3 aromatic rings. The standard InChI is InChI=1S/C19H18Cl2N2O/c1-19(24,8-10-23-11-9-22-13-23)15-4-2-14(3-5-15)17-7-6-16(20)12-18(17)21/h2-7,9,11-13,24H,8,10H2,1H3. The molecular formula is C19H18Cl2N2O. The number of aliphatic hydroxyl groups is 1. The van der Waals surface area contributed by atoms with E-state index in [0.717, 1.165) is 16.7 Å². The Morgan fingerprint density at radius 2 is 1.88 bits per heavy atom. The number of imidazole rings is 1. The molecule has 24 heavy (non-hydrogen) atoms. The van der Waals surface area contributed by atoms with Gasteiger partial charge < -0.3 is 9.67 Å². The molecule has 0 bridgehead atoms. The van der Waals surface area contributed by atoms with Gasteiger partial charge in [0.25, 0.3) is 0 Å². The van der Waals surface area contributed by atoms with Crippen LogP contribution in [0.15, 0.2) is 61.2 Å². The van der Waals surface area contributed by atoms with E-state index in [0.29, 0.717) is 23.0 Å². The summed E-state index contributed by atoms with van der Waals surface area (Å²) >= 11 is 12.2. The first-order valence-corrected chi connectivity index (χ1v) is 8.45. The Morgan fingerprint density at radius 3 is 2.50 bits per heavy atom. The van der Waals surface area contributed by atoms with Crippen LogP contribution >= 0.6 is 23.2 Å². The minimum Gasteiger partial charge on any atom is -0.385 e. The molecule has 0 aliphatic rings. The van der Waals surface area contributed by atoms with E-state index in [9.17, 15) is 5.11 Å². The van der Waals surface area contributed by atoms with Crippen molar-refractivity contribution in [2.24, 2.45) is 0 Å². The predicted octanol–water partition coefficient (Wildman–Crippen LogP) is 5.15. The van der Waals surface area contributed by atoms with Crippen molar-refractivity contribution in [1.29, 1.82) is 0 Å². The molecule has 0 radical (unpaired) electrons. The maximum atomic E-state index is 10.8. The van der Waals surface area contributed by atoms with Crippen molar-refractivity contribution in [2.45, 2.75) is 25.5 Å². The van der Waals surface area contributed by atoms with E-state index in [4.69, 9.17) is 23.2 Å². The summed E-state index contributed by atoms with van der Waals surface area (Å²) < 4.78 is 1.95. The summed E-state index contributed by atoms with van der Waals surface area (Å²) in [6.07, 6.45) is 5.98. The average molecular weight is 361 g/mol. The van der Waals surface area contributed by atoms with E-state index in [1.54, 1.807) is 18.6 Å². The molecule has 5 heteroatoms. The monoisotopic (exact) mass is 360 g/mol. The first-order chi connectivity index (χ1) is 11.5. The van der Waals surface area contributed by atoms with Crippen LogP contribution in [0.2, 0.25) is 10.0 Å². The summed E-state index contributed by atoms with van der Waals surface area (Å²) in [6.45, 7) is 2.53. The molecule has 0 saturated carbocycles. The van der Waals surface area contributed by atoms with Gasteiger partial charge in [0.15, 0.2) is 0 Å². The molecule has 0 spiro atoms. The summed E-state index contributed by atoms with van der Waals surface area (Å²) in [4.78, 5) is 4.01. The molecule has 0 amide bonds. The summed E-state index contributed by atoms with van der Waals surface area (Å²) in [6, 6.07) is 13.3. The summed E-state index contributed by atoms with van der Waals surface area (Å²) in [7, 11) is 0. The van der Waals surface area contributed by atoms with Gasteiger partial charge in [-0.3, -0.25) is 0 Å². The molecule has 1 atom stereocenters. The van der Waals surface area contributed by atoms with Gasteiger partial charge >= 0.3 is 0 Å². The third kappa shape index (κ3) is 3.81. The van der Waals surface area contributed by atoms with Gasteiger partial charge in [0, 0.05) is 34.5 Å². The van der Waals surface area contributed by atoms with E-state index < -0.39 is 5.60 Å². The molecule has 1 unspecified atom stereocenters. The average Bonchev–Trinajstić information content (AvgIpc) is 3.07. The third-order valence-corrected chi connectivity index (χ3v) is 4.71. The lowest BCUT2D eigenvalue weighted by Crippen LogP contribution is -2.23.